The summed E-state index contributed by atoms with van der Waals surface area (Å²) in [6, 6.07) is 9.49. The Morgan fingerprint density at radius 3 is 2.36 bits per heavy atom. The van der Waals surface area contributed by atoms with E-state index in [1.54, 1.807) is 6.33 Å². The van der Waals surface area contributed by atoms with Gasteiger partial charge in [0.15, 0.2) is 0 Å². The molecule has 0 unspecified atom stereocenters. The van der Waals surface area contributed by atoms with Crippen molar-refractivity contribution in [3.8, 4) is 0 Å². The number of likely N-dealkylation sites (tertiary alicyclic amines) is 1. The molecule has 1 saturated carbocycles. The molecule has 2 fully saturated rings. The highest BCUT2D eigenvalue weighted by Crippen LogP contribution is 2.41. The Hall–Kier alpha value is -0.850. The molecular formula is C20H30Cl3N5. The molecule has 1 aromatic carbocycles. The molecule has 5 nitrogen and oxygen atoms in total. The lowest BCUT2D eigenvalue weighted by molar-refractivity contribution is 0.0870. The van der Waals surface area contributed by atoms with Crippen molar-refractivity contribution in [1.29, 1.82) is 0 Å². The second kappa shape index (κ2) is 10.3. The van der Waals surface area contributed by atoms with Crippen LogP contribution in [0.15, 0.2) is 36.9 Å². The van der Waals surface area contributed by atoms with Crippen LogP contribution in [-0.2, 0) is 5.41 Å². The number of nitrogens with zero attached hydrogens (tertiary/aromatic N) is 4. The molecule has 0 radical (unpaired) electrons. The Bertz CT molecular complexity index is 708. The van der Waals surface area contributed by atoms with Crippen molar-refractivity contribution in [2.24, 2.45) is 5.73 Å². The number of benzene rings is 1. The standard InChI is InChI=1S/C20H28ClN5.2ClH/c21-17-3-1-2-16(12-17)20(13-22)8-4-18(5-9-20)25-10-6-19(7-11-25)26-15-23-14-24-26;;/h1-3,12,14-15,18-19H,4-11,13,22H2;2*1H. The van der Waals surface area contributed by atoms with E-state index in [1.807, 2.05) is 17.1 Å². The van der Waals surface area contributed by atoms with Gasteiger partial charge in [-0.3, -0.25) is 0 Å². The maximum atomic E-state index is 6.24. The Labute approximate surface area is 184 Å². The monoisotopic (exact) mass is 445 g/mol. The van der Waals surface area contributed by atoms with Gasteiger partial charge in [-0.05, 0) is 56.2 Å². The third-order valence-electron chi connectivity index (χ3n) is 6.57. The summed E-state index contributed by atoms with van der Waals surface area (Å²) in [5, 5.41) is 5.12. The van der Waals surface area contributed by atoms with E-state index >= 15 is 0 Å². The van der Waals surface area contributed by atoms with Crippen LogP contribution in [0.3, 0.4) is 0 Å². The van der Waals surface area contributed by atoms with Crippen LogP contribution in [0.2, 0.25) is 5.02 Å². The first-order valence-electron chi connectivity index (χ1n) is 9.74. The zero-order valence-corrected chi connectivity index (χ0v) is 18.4. The van der Waals surface area contributed by atoms with Crippen LogP contribution >= 0.6 is 36.4 Å². The number of hydrogen-bond donors (Lipinski definition) is 1. The summed E-state index contributed by atoms with van der Waals surface area (Å²) >= 11 is 6.23. The van der Waals surface area contributed by atoms with Gasteiger partial charge < -0.3 is 10.6 Å². The van der Waals surface area contributed by atoms with Crippen LogP contribution in [0.25, 0.3) is 0 Å². The summed E-state index contributed by atoms with van der Waals surface area (Å²) in [6.07, 6.45) is 10.5. The minimum absolute atomic E-state index is 0. The summed E-state index contributed by atoms with van der Waals surface area (Å²) in [5.74, 6) is 0. The highest BCUT2D eigenvalue weighted by molar-refractivity contribution is 6.30. The third-order valence-corrected chi connectivity index (χ3v) is 6.80. The summed E-state index contributed by atoms with van der Waals surface area (Å²) in [6.45, 7) is 3.01. The van der Waals surface area contributed by atoms with Crippen molar-refractivity contribution in [3.05, 3.63) is 47.5 Å². The van der Waals surface area contributed by atoms with Crippen LogP contribution in [0.1, 0.15) is 50.1 Å². The van der Waals surface area contributed by atoms with E-state index in [2.05, 4.69) is 33.2 Å². The lowest BCUT2D eigenvalue weighted by atomic mass is 9.68. The number of piperidine rings is 1. The molecule has 156 valence electrons. The molecule has 0 amide bonds. The van der Waals surface area contributed by atoms with Crippen molar-refractivity contribution >= 4 is 36.4 Å². The number of halogens is 3. The maximum Gasteiger partial charge on any atom is 0.137 e. The second-order valence-corrected chi connectivity index (χ2v) is 8.31. The summed E-state index contributed by atoms with van der Waals surface area (Å²) in [4.78, 5) is 6.77. The SMILES string of the molecule is Cl.Cl.NCC1(c2cccc(Cl)c2)CCC(N2CCC(n3cncn3)CC2)CC1. The average Bonchev–Trinajstić information content (AvgIpc) is 3.23. The van der Waals surface area contributed by atoms with Crippen LogP contribution < -0.4 is 5.73 Å². The van der Waals surface area contributed by atoms with E-state index in [1.165, 1.54) is 18.4 Å². The Balaban J connectivity index is 0.00000140. The minimum atomic E-state index is 0. The molecule has 2 aliphatic rings. The first kappa shape index (κ1) is 23.4. The molecule has 28 heavy (non-hydrogen) atoms. The maximum absolute atomic E-state index is 6.24. The van der Waals surface area contributed by atoms with Gasteiger partial charge in [0.25, 0.3) is 0 Å². The molecule has 1 aromatic heterocycles. The summed E-state index contributed by atoms with van der Waals surface area (Å²) < 4.78 is 2.02. The lowest BCUT2D eigenvalue weighted by Gasteiger charge is -2.45. The van der Waals surface area contributed by atoms with Crippen molar-refractivity contribution in [1.82, 2.24) is 19.7 Å². The van der Waals surface area contributed by atoms with Gasteiger partial charge in [0, 0.05) is 36.1 Å². The van der Waals surface area contributed by atoms with Crippen LogP contribution in [0.5, 0.6) is 0 Å². The second-order valence-electron chi connectivity index (χ2n) is 7.87. The molecule has 1 aliphatic carbocycles. The van der Waals surface area contributed by atoms with Gasteiger partial charge in [-0.25, -0.2) is 9.67 Å². The molecule has 2 N–H and O–H groups in total. The van der Waals surface area contributed by atoms with Gasteiger partial charge in [-0.2, -0.15) is 5.10 Å². The molecule has 1 aliphatic heterocycles. The molecule has 0 spiro atoms. The summed E-state index contributed by atoms with van der Waals surface area (Å²) in [5.41, 5.74) is 7.66. The number of rotatable bonds is 4. The van der Waals surface area contributed by atoms with E-state index in [9.17, 15) is 0 Å². The predicted octanol–water partition coefficient (Wildman–Crippen LogP) is 4.25. The van der Waals surface area contributed by atoms with Gasteiger partial charge in [0.2, 0.25) is 0 Å². The first-order chi connectivity index (χ1) is 12.7. The molecule has 0 bridgehead atoms. The topological polar surface area (TPSA) is 60.0 Å². The molecular weight excluding hydrogens is 417 g/mol. The first-order valence-corrected chi connectivity index (χ1v) is 10.1. The van der Waals surface area contributed by atoms with E-state index in [-0.39, 0.29) is 30.2 Å². The molecule has 8 heteroatoms. The fourth-order valence-electron chi connectivity index (χ4n) is 4.87. The zero-order valence-electron chi connectivity index (χ0n) is 16.0. The largest absolute Gasteiger partial charge is 0.330 e. The Morgan fingerprint density at radius 2 is 1.79 bits per heavy atom. The number of nitrogens with two attached hydrogens (primary N) is 1. The summed E-state index contributed by atoms with van der Waals surface area (Å²) in [7, 11) is 0. The molecule has 2 heterocycles. The van der Waals surface area contributed by atoms with Crippen LogP contribution in [0.4, 0.5) is 0 Å². The van der Waals surface area contributed by atoms with E-state index in [4.69, 9.17) is 17.3 Å². The van der Waals surface area contributed by atoms with Crippen molar-refractivity contribution in [2.45, 2.75) is 56.0 Å². The highest BCUT2D eigenvalue weighted by atomic mass is 35.5. The molecule has 1 saturated heterocycles. The van der Waals surface area contributed by atoms with E-state index < -0.39 is 0 Å². The van der Waals surface area contributed by atoms with Gasteiger partial charge >= 0.3 is 0 Å². The van der Waals surface area contributed by atoms with Crippen LogP contribution in [-0.4, -0.2) is 45.3 Å². The number of aromatic nitrogens is 3. The smallest absolute Gasteiger partial charge is 0.137 e. The third kappa shape index (κ3) is 4.82. The molecule has 0 atom stereocenters. The van der Waals surface area contributed by atoms with Crippen LogP contribution in [0, 0.1) is 0 Å². The Morgan fingerprint density at radius 1 is 1.07 bits per heavy atom. The van der Waals surface area contributed by atoms with Crippen molar-refractivity contribution in [2.75, 3.05) is 19.6 Å². The molecule has 2 aromatic rings. The van der Waals surface area contributed by atoms with Crippen molar-refractivity contribution in [3.63, 3.8) is 0 Å². The van der Waals surface area contributed by atoms with E-state index in [0.29, 0.717) is 18.6 Å². The minimum Gasteiger partial charge on any atom is -0.330 e. The van der Waals surface area contributed by atoms with Crippen molar-refractivity contribution < 1.29 is 0 Å². The Kier molecular flexibility index (Phi) is 8.59. The molecule has 4 rings (SSSR count). The lowest BCUT2D eigenvalue weighted by Crippen LogP contribution is -2.48. The predicted molar refractivity (Wildman–Crippen MR) is 119 cm³/mol. The number of hydrogen-bond acceptors (Lipinski definition) is 4. The fourth-order valence-corrected chi connectivity index (χ4v) is 5.06. The highest BCUT2D eigenvalue weighted by Gasteiger charge is 2.38. The van der Waals surface area contributed by atoms with Gasteiger partial charge in [0.1, 0.15) is 12.7 Å². The van der Waals surface area contributed by atoms with Gasteiger partial charge in [-0.1, -0.05) is 23.7 Å². The van der Waals surface area contributed by atoms with E-state index in [0.717, 1.165) is 43.8 Å². The normalized spacial score (nSPS) is 26.3. The van der Waals surface area contributed by atoms with Gasteiger partial charge in [0.05, 0.1) is 6.04 Å². The van der Waals surface area contributed by atoms with Gasteiger partial charge in [-0.15, -0.1) is 24.8 Å². The quantitative estimate of drug-likeness (QED) is 0.762. The fraction of sp³-hybridized carbons (Fsp3) is 0.600. The zero-order chi connectivity index (χ0) is 18.0. The average molecular weight is 447 g/mol.